The van der Waals surface area contributed by atoms with Crippen molar-refractivity contribution in [2.75, 3.05) is 6.79 Å². The average Bonchev–Trinajstić information content (AvgIpc) is 3.29. The Bertz CT molecular complexity index is 892. The van der Waals surface area contributed by atoms with Gasteiger partial charge < -0.3 is 19.2 Å². The number of fused-ring (bicyclic) bond motifs is 1. The van der Waals surface area contributed by atoms with Crippen LogP contribution < -0.4 is 14.8 Å². The van der Waals surface area contributed by atoms with E-state index in [0.29, 0.717) is 18.2 Å². The predicted molar refractivity (Wildman–Crippen MR) is 87.8 cm³/mol. The van der Waals surface area contributed by atoms with Crippen molar-refractivity contribution in [3.05, 3.63) is 60.0 Å². The molecular formula is C18H15N3O4. The number of rotatable bonds is 5. The number of amides is 1. The first-order chi connectivity index (χ1) is 12.3. The van der Waals surface area contributed by atoms with E-state index < -0.39 is 0 Å². The quantitative estimate of drug-likeness (QED) is 0.769. The van der Waals surface area contributed by atoms with Crippen LogP contribution in [0.4, 0.5) is 0 Å². The molecule has 0 saturated heterocycles. The Labute approximate surface area is 143 Å². The van der Waals surface area contributed by atoms with Crippen LogP contribution in [0.5, 0.6) is 11.5 Å². The summed E-state index contributed by atoms with van der Waals surface area (Å²) in [5, 5.41) is 10.7. The molecule has 0 saturated carbocycles. The first-order valence-corrected chi connectivity index (χ1v) is 7.81. The SMILES string of the molecule is O=C(Cc1nnc(-c2ccccc2)o1)NCc1ccc2c(c1)OCO2. The first-order valence-electron chi connectivity index (χ1n) is 7.81. The van der Waals surface area contributed by atoms with Crippen LogP contribution in [-0.2, 0) is 17.8 Å². The van der Waals surface area contributed by atoms with E-state index in [4.69, 9.17) is 13.9 Å². The van der Waals surface area contributed by atoms with Crippen LogP contribution in [0.15, 0.2) is 52.9 Å². The Morgan fingerprint density at radius 2 is 1.88 bits per heavy atom. The van der Waals surface area contributed by atoms with E-state index in [9.17, 15) is 4.79 Å². The third-order valence-corrected chi connectivity index (χ3v) is 3.73. The fourth-order valence-electron chi connectivity index (χ4n) is 2.47. The zero-order valence-corrected chi connectivity index (χ0v) is 13.3. The van der Waals surface area contributed by atoms with Gasteiger partial charge in [-0.05, 0) is 29.8 Å². The summed E-state index contributed by atoms with van der Waals surface area (Å²) in [6.45, 7) is 0.612. The number of nitrogens with zero attached hydrogens (tertiary/aromatic N) is 2. The first kappa shape index (κ1) is 15.2. The molecule has 7 heteroatoms. The Balaban J connectivity index is 1.34. The zero-order chi connectivity index (χ0) is 17.1. The van der Waals surface area contributed by atoms with Crippen molar-refractivity contribution in [1.29, 1.82) is 0 Å². The van der Waals surface area contributed by atoms with E-state index in [0.717, 1.165) is 16.9 Å². The summed E-state index contributed by atoms with van der Waals surface area (Å²) in [6, 6.07) is 15.0. The van der Waals surface area contributed by atoms with E-state index >= 15 is 0 Å². The Kier molecular flexibility index (Phi) is 4.04. The number of carbonyl (C=O) groups is 1. The largest absolute Gasteiger partial charge is 0.454 e. The number of carbonyl (C=O) groups excluding carboxylic acids is 1. The van der Waals surface area contributed by atoms with Crippen molar-refractivity contribution in [3.8, 4) is 23.0 Å². The molecule has 25 heavy (non-hydrogen) atoms. The highest BCUT2D eigenvalue weighted by molar-refractivity contribution is 5.77. The van der Waals surface area contributed by atoms with Crippen molar-refractivity contribution < 1.29 is 18.7 Å². The highest BCUT2D eigenvalue weighted by Crippen LogP contribution is 2.32. The number of ether oxygens (including phenoxy) is 2. The highest BCUT2D eigenvalue weighted by Gasteiger charge is 2.15. The zero-order valence-electron chi connectivity index (χ0n) is 13.3. The van der Waals surface area contributed by atoms with Crippen LogP contribution >= 0.6 is 0 Å². The van der Waals surface area contributed by atoms with Crippen molar-refractivity contribution in [2.24, 2.45) is 0 Å². The molecule has 1 aliphatic rings. The minimum absolute atomic E-state index is 0.0321. The lowest BCUT2D eigenvalue weighted by Crippen LogP contribution is -2.24. The Morgan fingerprint density at radius 3 is 2.76 bits per heavy atom. The second-order valence-electron chi connectivity index (χ2n) is 5.51. The van der Waals surface area contributed by atoms with Crippen molar-refractivity contribution >= 4 is 5.91 Å². The smallest absolute Gasteiger partial charge is 0.247 e. The lowest BCUT2D eigenvalue weighted by atomic mass is 10.2. The molecule has 2 heterocycles. The molecule has 7 nitrogen and oxygen atoms in total. The number of benzene rings is 2. The maximum absolute atomic E-state index is 12.1. The van der Waals surface area contributed by atoms with Crippen LogP contribution in [0.25, 0.3) is 11.5 Å². The fraction of sp³-hybridized carbons (Fsp3) is 0.167. The second-order valence-corrected chi connectivity index (χ2v) is 5.51. The molecule has 1 N–H and O–H groups in total. The van der Waals surface area contributed by atoms with E-state index in [1.165, 1.54) is 0 Å². The minimum atomic E-state index is -0.194. The van der Waals surface area contributed by atoms with Crippen molar-refractivity contribution in [2.45, 2.75) is 13.0 Å². The van der Waals surface area contributed by atoms with Gasteiger partial charge in [-0.3, -0.25) is 4.79 Å². The summed E-state index contributed by atoms with van der Waals surface area (Å²) < 4.78 is 16.1. The van der Waals surface area contributed by atoms with Crippen LogP contribution in [0.1, 0.15) is 11.5 Å². The van der Waals surface area contributed by atoms with Gasteiger partial charge in [-0.15, -0.1) is 10.2 Å². The van der Waals surface area contributed by atoms with Crippen molar-refractivity contribution in [1.82, 2.24) is 15.5 Å². The molecule has 0 unspecified atom stereocenters. The highest BCUT2D eigenvalue weighted by atomic mass is 16.7. The summed E-state index contributed by atoms with van der Waals surface area (Å²) in [6.07, 6.45) is 0.0321. The van der Waals surface area contributed by atoms with Crippen LogP contribution in [0, 0.1) is 0 Å². The van der Waals surface area contributed by atoms with Crippen molar-refractivity contribution in [3.63, 3.8) is 0 Å². The van der Waals surface area contributed by atoms with Gasteiger partial charge in [0.05, 0.1) is 0 Å². The summed E-state index contributed by atoms with van der Waals surface area (Å²) in [5.74, 6) is 1.90. The van der Waals surface area contributed by atoms with Gasteiger partial charge in [0, 0.05) is 12.1 Å². The average molecular weight is 337 g/mol. The van der Waals surface area contributed by atoms with Gasteiger partial charge in [0.1, 0.15) is 6.42 Å². The molecule has 1 aromatic heterocycles. The van der Waals surface area contributed by atoms with Gasteiger partial charge in [-0.25, -0.2) is 0 Å². The molecule has 4 rings (SSSR count). The minimum Gasteiger partial charge on any atom is -0.454 e. The molecule has 1 aliphatic heterocycles. The van der Waals surface area contributed by atoms with Crippen LogP contribution in [0.3, 0.4) is 0 Å². The standard InChI is InChI=1S/C18H15N3O4/c22-16(19-10-12-6-7-14-15(8-12)24-11-23-14)9-17-20-21-18(25-17)13-4-2-1-3-5-13/h1-8H,9-11H2,(H,19,22). The monoisotopic (exact) mass is 337 g/mol. The number of aromatic nitrogens is 2. The van der Waals surface area contributed by atoms with Gasteiger partial charge in [-0.2, -0.15) is 0 Å². The molecule has 2 aromatic carbocycles. The maximum atomic E-state index is 12.1. The molecule has 0 fully saturated rings. The van der Waals surface area contributed by atoms with Gasteiger partial charge >= 0.3 is 0 Å². The Morgan fingerprint density at radius 1 is 1.04 bits per heavy atom. The normalized spacial score (nSPS) is 12.2. The van der Waals surface area contributed by atoms with Gasteiger partial charge in [0.25, 0.3) is 0 Å². The lowest BCUT2D eigenvalue weighted by molar-refractivity contribution is -0.120. The summed E-state index contributed by atoms with van der Waals surface area (Å²) in [7, 11) is 0. The molecular weight excluding hydrogens is 322 g/mol. The maximum Gasteiger partial charge on any atom is 0.247 e. The van der Waals surface area contributed by atoms with E-state index in [2.05, 4.69) is 15.5 Å². The molecule has 0 aliphatic carbocycles. The van der Waals surface area contributed by atoms with Gasteiger partial charge in [0.2, 0.25) is 24.5 Å². The van der Waals surface area contributed by atoms with Gasteiger partial charge in [-0.1, -0.05) is 24.3 Å². The third-order valence-electron chi connectivity index (χ3n) is 3.73. The molecule has 126 valence electrons. The fourth-order valence-corrected chi connectivity index (χ4v) is 2.47. The third kappa shape index (κ3) is 3.45. The van der Waals surface area contributed by atoms with E-state index in [1.54, 1.807) is 0 Å². The summed E-state index contributed by atoms with van der Waals surface area (Å²) >= 11 is 0. The lowest BCUT2D eigenvalue weighted by Gasteiger charge is -2.05. The summed E-state index contributed by atoms with van der Waals surface area (Å²) in [5.41, 5.74) is 1.75. The molecule has 0 atom stereocenters. The second kappa shape index (κ2) is 6.64. The van der Waals surface area contributed by atoms with Crippen LogP contribution in [-0.4, -0.2) is 22.9 Å². The molecule has 0 spiro atoms. The Hall–Kier alpha value is -3.35. The summed E-state index contributed by atoms with van der Waals surface area (Å²) in [4.78, 5) is 12.1. The molecule has 0 bridgehead atoms. The van der Waals surface area contributed by atoms with Gasteiger partial charge in [0.15, 0.2) is 11.5 Å². The number of nitrogens with one attached hydrogen (secondary N) is 1. The molecule has 3 aromatic rings. The number of hydrogen-bond acceptors (Lipinski definition) is 6. The van der Waals surface area contributed by atoms with E-state index in [-0.39, 0.29) is 25.0 Å². The molecule has 1 amide bonds. The topological polar surface area (TPSA) is 86.5 Å². The van der Waals surface area contributed by atoms with E-state index in [1.807, 2.05) is 48.5 Å². The molecule has 0 radical (unpaired) electrons. The van der Waals surface area contributed by atoms with Crippen LogP contribution in [0.2, 0.25) is 0 Å². The number of hydrogen-bond donors (Lipinski definition) is 1. The predicted octanol–water partition coefficient (Wildman–Crippen LogP) is 2.32.